The van der Waals surface area contributed by atoms with Gasteiger partial charge in [-0.2, -0.15) is 0 Å². The van der Waals surface area contributed by atoms with Crippen molar-refractivity contribution in [2.75, 3.05) is 0 Å². The minimum absolute atomic E-state index is 0.0972. The van der Waals surface area contributed by atoms with E-state index in [0.717, 1.165) is 35.1 Å². The highest BCUT2D eigenvalue weighted by Gasteiger charge is 2.36. The number of carbonyl (C=O) groups is 1. The van der Waals surface area contributed by atoms with Gasteiger partial charge in [-0.1, -0.05) is 47.8 Å². The van der Waals surface area contributed by atoms with Gasteiger partial charge in [0.2, 0.25) is 0 Å². The van der Waals surface area contributed by atoms with Crippen LogP contribution in [0, 0.1) is 11.8 Å². The first-order valence-corrected chi connectivity index (χ1v) is 9.90. The van der Waals surface area contributed by atoms with E-state index in [1.165, 1.54) is 0 Å². The smallest absolute Gasteiger partial charge is 0.310 e. The number of hydrogen-bond donors (Lipinski definition) is 3. The second-order valence-electron chi connectivity index (χ2n) is 7.58. The van der Waals surface area contributed by atoms with Crippen LogP contribution in [0.4, 0.5) is 0 Å². The maximum Gasteiger partial charge on any atom is 0.310 e. The lowest BCUT2D eigenvalue weighted by atomic mass is 9.82. The number of benzene rings is 1. The third-order valence-corrected chi connectivity index (χ3v) is 4.74. The van der Waals surface area contributed by atoms with Gasteiger partial charge in [-0.25, -0.2) is 5.53 Å². The van der Waals surface area contributed by atoms with Crippen molar-refractivity contribution in [3.63, 3.8) is 0 Å². The molecule has 0 amide bonds. The molecule has 2 atom stereocenters. The van der Waals surface area contributed by atoms with Gasteiger partial charge in [0.05, 0.1) is 5.92 Å². The van der Waals surface area contributed by atoms with Crippen LogP contribution in [0.25, 0.3) is 0 Å². The first-order chi connectivity index (χ1) is 12.3. The first kappa shape index (κ1) is 20.7. The summed E-state index contributed by atoms with van der Waals surface area (Å²) in [6, 6.07) is 8.17. The fraction of sp³-hybridized carbons (Fsp3) is 0.579. The molecule has 0 saturated carbocycles. The number of hydrazine groups is 2. The summed E-state index contributed by atoms with van der Waals surface area (Å²) in [5, 5.41) is 4.28. The van der Waals surface area contributed by atoms with Gasteiger partial charge in [0.1, 0.15) is 11.4 Å². The van der Waals surface area contributed by atoms with Crippen LogP contribution in [-0.2, 0) is 16.0 Å². The predicted octanol–water partition coefficient (Wildman–Crippen LogP) is 3.68. The molecular formula is C19H29BrN4O2. The molecule has 0 radical (unpaired) electrons. The fourth-order valence-electron chi connectivity index (χ4n) is 2.97. The minimum atomic E-state index is -0.509. The van der Waals surface area contributed by atoms with E-state index in [0.29, 0.717) is 6.42 Å². The molecular weight excluding hydrogens is 396 g/mol. The molecule has 6 nitrogen and oxygen atoms in total. The number of ether oxygens (including phenoxy) is 1. The van der Waals surface area contributed by atoms with E-state index in [2.05, 4.69) is 56.6 Å². The molecule has 1 aromatic rings. The fourth-order valence-corrected chi connectivity index (χ4v) is 3.24. The molecule has 0 spiro atoms. The SMILES string of the molecule is CCCCC(C(=O)OC(C)(C)C)C(Cc1ccc(Br)cc1)C1=NNNN1. The molecule has 1 aromatic carbocycles. The molecule has 3 N–H and O–H groups in total. The quantitative estimate of drug-likeness (QED) is 0.554. The Morgan fingerprint density at radius 1 is 1.27 bits per heavy atom. The Morgan fingerprint density at radius 2 is 1.96 bits per heavy atom. The van der Waals surface area contributed by atoms with Crippen molar-refractivity contribution in [1.29, 1.82) is 0 Å². The second-order valence-corrected chi connectivity index (χ2v) is 8.49. The average molecular weight is 425 g/mol. The molecule has 2 rings (SSSR count). The van der Waals surface area contributed by atoms with Gasteiger partial charge >= 0.3 is 5.97 Å². The predicted molar refractivity (Wildman–Crippen MR) is 107 cm³/mol. The van der Waals surface area contributed by atoms with Crippen LogP contribution in [0.15, 0.2) is 33.8 Å². The van der Waals surface area contributed by atoms with E-state index in [4.69, 9.17) is 4.74 Å². The van der Waals surface area contributed by atoms with Gasteiger partial charge in [0.25, 0.3) is 0 Å². The largest absolute Gasteiger partial charge is 0.460 e. The lowest BCUT2D eigenvalue weighted by Crippen LogP contribution is -2.43. The number of halogens is 1. The molecule has 0 saturated heterocycles. The number of hydrazone groups is 1. The zero-order valence-electron chi connectivity index (χ0n) is 15.9. The van der Waals surface area contributed by atoms with Crippen molar-refractivity contribution in [3.05, 3.63) is 34.3 Å². The van der Waals surface area contributed by atoms with Crippen molar-refractivity contribution in [1.82, 2.24) is 16.5 Å². The first-order valence-electron chi connectivity index (χ1n) is 9.11. The molecule has 144 valence electrons. The molecule has 2 unspecified atom stereocenters. The van der Waals surface area contributed by atoms with Crippen LogP contribution in [0.1, 0.15) is 52.5 Å². The van der Waals surface area contributed by atoms with E-state index < -0.39 is 5.60 Å². The van der Waals surface area contributed by atoms with Crippen molar-refractivity contribution in [2.24, 2.45) is 16.9 Å². The molecule has 1 aliphatic rings. The Balaban J connectivity index is 2.27. The molecule has 0 fully saturated rings. The van der Waals surface area contributed by atoms with E-state index in [-0.39, 0.29) is 17.8 Å². The number of carbonyl (C=O) groups excluding carboxylic acids is 1. The third-order valence-electron chi connectivity index (χ3n) is 4.21. The van der Waals surface area contributed by atoms with Crippen LogP contribution in [-0.4, -0.2) is 17.4 Å². The van der Waals surface area contributed by atoms with E-state index in [1.807, 2.05) is 32.9 Å². The zero-order chi connectivity index (χ0) is 19.2. The Bertz CT molecular complexity index is 625. The highest BCUT2D eigenvalue weighted by molar-refractivity contribution is 9.10. The highest BCUT2D eigenvalue weighted by Crippen LogP contribution is 2.28. The lowest BCUT2D eigenvalue weighted by Gasteiger charge is -2.29. The van der Waals surface area contributed by atoms with Gasteiger partial charge in [-0.05, 0) is 51.3 Å². The normalized spacial score (nSPS) is 16.3. The molecule has 0 aromatic heterocycles. The van der Waals surface area contributed by atoms with Crippen molar-refractivity contribution in [3.8, 4) is 0 Å². The summed E-state index contributed by atoms with van der Waals surface area (Å²) >= 11 is 3.47. The number of amidine groups is 1. The Morgan fingerprint density at radius 3 is 2.50 bits per heavy atom. The standard InChI is InChI=1S/C19H29BrN4O2/c1-5-6-7-15(18(25)26-19(2,3)4)16(17-21-23-24-22-17)12-13-8-10-14(20)11-9-13/h8-11,15-16,23-24H,5-7,12H2,1-4H3,(H,21,22). The summed E-state index contributed by atoms with van der Waals surface area (Å²) in [5.74, 6) is 0.218. The topological polar surface area (TPSA) is 74.8 Å². The van der Waals surface area contributed by atoms with Gasteiger partial charge in [-0.3, -0.25) is 10.2 Å². The summed E-state index contributed by atoms with van der Waals surface area (Å²) in [4.78, 5) is 13.0. The summed E-state index contributed by atoms with van der Waals surface area (Å²) < 4.78 is 6.76. The minimum Gasteiger partial charge on any atom is -0.460 e. The van der Waals surface area contributed by atoms with Gasteiger partial charge in [0.15, 0.2) is 0 Å². The zero-order valence-corrected chi connectivity index (χ0v) is 17.5. The number of unbranched alkanes of at least 4 members (excludes halogenated alkanes) is 1. The monoisotopic (exact) mass is 424 g/mol. The number of nitrogens with zero attached hydrogens (tertiary/aromatic N) is 1. The average Bonchev–Trinajstić information content (AvgIpc) is 3.08. The third kappa shape index (κ3) is 6.29. The molecule has 0 bridgehead atoms. The van der Waals surface area contributed by atoms with Crippen LogP contribution in [0.5, 0.6) is 0 Å². The number of rotatable bonds is 8. The summed E-state index contributed by atoms with van der Waals surface area (Å²) in [6.45, 7) is 7.84. The maximum atomic E-state index is 13.0. The maximum absolute atomic E-state index is 13.0. The molecule has 1 heterocycles. The highest BCUT2D eigenvalue weighted by atomic mass is 79.9. The molecule has 0 aliphatic carbocycles. The second kappa shape index (κ2) is 9.37. The number of hydrogen-bond acceptors (Lipinski definition) is 6. The number of nitrogens with one attached hydrogen (secondary N) is 3. The number of esters is 1. The van der Waals surface area contributed by atoms with Crippen LogP contribution >= 0.6 is 15.9 Å². The van der Waals surface area contributed by atoms with Crippen LogP contribution in [0.3, 0.4) is 0 Å². The summed E-state index contributed by atoms with van der Waals surface area (Å²) in [5.41, 5.74) is 9.17. The van der Waals surface area contributed by atoms with E-state index in [9.17, 15) is 4.79 Å². The van der Waals surface area contributed by atoms with Gasteiger partial charge in [0, 0.05) is 10.4 Å². The van der Waals surface area contributed by atoms with Gasteiger partial charge in [-0.15, -0.1) is 10.6 Å². The van der Waals surface area contributed by atoms with Crippen molar-refractivity contribution >= 4 is 27.7 Å². The Hall–Kier alpha value is -1.60. The summed E-state index contributed by atoms with van der Waals surface area (Å²) in [7, 11) is 0. The van der Waals surface area contributed by atoms with Gasteiger partial charge < -0.3 is 4.74 Å². The van der Waals surface area contributed by atoms with Crippen molar-refractivity contribution in [2.45, 2.75) is 59.0 Å². The Kier molecular flexibility index (Phi) is 7.46. The van der Waals surface area contributed by atoms with E-state index in [1.54, 1.807) is 0 Å². The summed E-state index contributed by atoms with van der Waals surface area (Å²) in [6.07, 6.45) is 3.47. The van der Waals surface area contributed by atoms with Crippen LogP contribution in [0.2, 0.25) is 0 Å². The molecule has 1 aliphatic heterocycles. The Labute approximate surface area is 164 Å². The molecule has 26 heavy (non-hydrogen) atoms. The lowest BCUT2D eigenvalue weighted by molar-refractivity contribution is -0.161. The van der Waals surface area contributed by atoms with Crippen LogP contribution < -0.4 is 16.5 Å². The van der Waals surface area contributed by atoms with Crippen molar-refractivity contribution < 1.29 is 9.53 Å². The molecule has 7 heteroatoms. The van der Waals surface area contributed by atoms with E-state index >= 15 is 0 Å².